The second kappa shape index (κ2) is 8.33. The van der Waals surface area contributed by atoms with Gasteiger partial charge in [0.15, 0.2) is 6.29 Å². The first-order valence-corrected chi connectivity index (χ1v) is 8.97. The number of hydrogen-bond acceptors (Lipinski definition) is 5. The van der Waals surface area contributed by atoms with Gasteiger partial charge in [0, 0.05) is 18.1 Å². The van der Waals surface area contributed by atoms with Gasteiger partial charge >= 0.3 is 0 Å². The lowest BCUT2D eigenvalue weighted by atomic mass is 10.0. The summed E-state index contributed by atoms with van der Waals surface area (Å²) in [6.45, 7) is 2.11. The van der Waals surface area contributed by atoms with E-state index in [4.69, 9.17) is 20.4 Å². The minimum Gasteiger partial charge on any atom is -0.491 e. The highest BCUT2D eigenvalue weighted by Gasteiger charge is 2.33. The first-order chi connectivity index (χ1) is 12.9. The largest absolute Gasteiger partial charge is 0.491 e. The van der Waals surface area contributed by atoms with Gasteiger partial charge in [-0.25, -0.2) is 0 Å². The number of benzene rings is 2. The third kappa shape index (κ3) is 4.93. The molecular formula is C21H24N2O4. The minimum absolute atomic E-state index is 0.0489. The number of nitrogens with one attached hydrogen (secondary N) is 2. The summed E-state index contributed by atoms with van der Waals surface area (Å²) in [4.78, 5) is 11.8. The van der Waals surface area contributed by atoms with Gasteiger partial charge in [0.2, 0.25) is 5.91 Å². The van der Waals surface area contributed by atoms with Crippen LogP contribution >= 0.6 is 0 Å². The number of carbonyl (C=O) groups excluding carboxylic acids is 1. The van der Waals surface area contributed by atoms with Gasteiger partial charge in [0.05, 0.1) is 6.04 Å². The molecule has 6 heteroatoms. The Morgan fingerprint density at radius 2 is 1.74 bits per heavy atom. The monoisotopic (exact) mass is 368 g/mol. The Balaban J connectivity index is 1.55. The smallest absolute Gasteiger partial charge is 0.223 e. The molecule has 1 saturated heterocycles. The molecule has 0 saturated carbocycles. The molecule has 27 heavy (non-hydrogen) atoms. The molecule has 1 aliphatic heterocycles. The van der Waals surface area contributed by atoms with Gasteiger partial charge in [-0.1, -0.05) is 36.4 Å². The Labute approximate surface area is 158 Å². The molecule has 1 heterocycles. The molecular weight excluding hydrogens is 344 g/mol. The Kier molecular flexibility index (Phi) is 5.88. The zero-order valence-corrected chi connectivity index (χ0v) is 15.2. The van der Waals surface area contributed by atoms with Crippen LogP contribution in [0.25, 0.3) is 11.1 Å². The summed E-state index contributed by atoms with van der Waals surface area (Å²) in [7, 11) is 0. The van der Waals surface area contributed by atoms with E-state index in [1.165, 1.54) is 0 Å². The van der Waals surface area contributed by atoms with Gasteiger partial charge in [0.1, 0.15) is 12.4 Å². The standard InChI is InChI=1S/C21H24N2O4/c1-13(22)14-2-4-15(5-3-14)16-6-8-19(9-7-16)27-12-18-10-17(11-20(24)25)21(26)23-18/h2-9,17-18,20,22,24-25H,10-12H2,1H3,(H,23,26). The number of carbonyl (C=O) groups is 1. The van der Waals surface area contributed by atoms with Gasteiger partial charge in [-0.3, -0.25) is 4.79 Å². The summed E-state index contributed by atoms with van der Waals surface area (Å²) < 4.78 is 5.77. The second-order valence-corrected chi connectivity index (χ2v) is 6.89. The molecule has 0 spiro atoms. The maximum Gasteiger partial charge on any atom is 0.223 e. The highest BCUT2D eigenvalue weighted by atomic mass is 16.5. The maximum absolute atomic E-state index is 11.8. The summed E-state index contributed by atoms with van der Waals surface area (Å²) in [5.41, 5.74) is 3.58. The maximum atomic E-state index is 11.8. The van der Waals surface area contributed by atoms with Crippen LogP contribution in [0.4, 0.5) is 0 Å². The first kappa shape index (κ1) is 19.1. The molecule has 4 N–H and O–H groups in total. The zero-order valence-electron chi connectivity index (χ0n) is 15.2. The van der Waals surface area contributed by atoms with Crippen LogP contribution in [0, 0.1) is 11.3 Å². The van der Waals surface area contributed by atoms with Gasteiger partial charge in [0.25, 0.3) is 0 Å². The molecule has 6 nitrogen and oxygen atoms in total. The molecule has 1 fully saturated rings. The van der Waals surface area contributed by atoms with Crippen LogP contribution in [-0.4, -0.2) is 40.8 Å². The average molecular weight is 368 g/mol. The van der Waals surface area contributed by atoms with Crippen molar-refractivity contribution in [1.82, 2.24) is 5.32 Å². The van der Waals surface area contributed by atoms with E-state index < -0.39 is 6.29 Å². The van der Waals surface area contributed by atoms with Crippen LogP contribution in [0.5, 0.6) is 5.75 Å². The quantitative estimate of drug-likeness (QED) is 0.445. The summed E-state index contributed by atoms with van der Waals surface area (Å²) in [6, 6.07) is 15.4. The molecule has 3 rings (SSSR count). The Morgan fingerprint density at radius 3 is 2.30 bits per heavy atom. The molecule has 2 aromatic carbocycles. The highest BCUT2D eigenvalue weighted by molar-refractivity contribution is 5.96. The average Bonchev–Trinajstić information content (AvgIpc) is 2.99. The fraction of sp³-hybridized carbons (Fsp3) is 0.333. The van der Waals surface area contributed by atoms with Crippen LogP contribution in [0.1, 0.15) is 25.3 Å². The predicted octanol–water partition coefficient (Wildman–Crippen LogP) is 2.33. The Hall–Kier alpha value is -2.70. The van der Waals surface area contributed by atoms with Crippen molar-refractivity contribution in [1.29, 1.82) is 5.41 Å². The number of amides is 1. The Bertz CT molecular complexity index is 800. The van der Waals surface area contributed by atoms with E-state index in [0.29, 0.717) is 24.5 Å². The predicted molar refractivity (Wildman–Crippen MR) is 103 cm³/mol. The minimum atomic E-state index is -1.47. The van der Waals surface area contributed by atoms with Crippen LogP contribution < -0.4 is 10.1 Å². The molecule has 1 amide bonds. The first-order valence-electron chi connectivity index (χ1n) is 8.97. The van der Waals surface area contributed by atoms with Crippen molar-refractivity contribution in [2.75, 3.05) is 6.61 Å². The van der Waals surface area contributed by atoms with Crippen molar-refractivity contribution in [2.24, 2.45) is 5.92 Å². The lowest BCUT2D eigenvalue weighted by molar-refractivity contribution is -0.126. The fourth-order valence-electron chi connectivity index (χ4n) is 3.25. The summed E-state index contributed by atoms with van der Waals surface area (Å²) in [5.74, 6) is 0.176. The number of hydrogen-bond donors (Lipinski definition) is 4. The highest BCUT2D eigenvalue weighted by Crippen LogP contribution is 2.24. The molecule has 2 aromatic rings. The van der Waals surface area contributed by atoms with E-state index in [1.54, 1.807) is 6.92 Å². The second-order valence-electron chi connectivity index (χ2n) is 6.89. The van der Waals surface area contributed by atoms with E-state index in [2.05, 4.69) is 5.32 Å². The lowest BCUT2D eigenvalue weighted by Gasteiger charge is -2.13. The molecule has 2 unspecified atom stereocenters. The van der Waals surface area contributed by atoms with Crippen LogP contribution in [0.2, 0.25) is 0 Å². The molecule has 0 radical (unpaired) electrons. The van der Waals surface area contributed by atoms with E-state index in [1.807, 2.05) is 48.5 Å². The van der Waals surface area contributed by atoms with E-state index in [-0.39, 0.29) is 24.3 Å². The van der Waals surface area contributed by atoms with Crippen molar-refractivity contribution in [3.8, 4) is 16.9 Å². The van der Waals surface area contributed by atoms with E-state index in [0.717, 1.165) is 16.7 Å². The molecule has 0 bridgehead atoms. The van der Waals surface area contributed by atoms with E-state index in [9.17, 15) is 4.79 Å². The molecule has 142 valence electrons. The SMILES string of the molecule is CC(=N)c1ccc(-c2ccc(OCC3CC(CC(O)O)C(=O)N3)cc2)cc1. The lowest BCUT2D eigenvalue weighted by Crippen LogP contribution is -2.31. The zero-order chi connectivity index (χ0) is 19.4. The van der Waals surface area contributed by atoms with Gasteiger partial charge in [-0.05, 0) is 42.2 Å². The van der Waals surface area contributed by atoms with Crippen LogP contribution in [-0.2, 0) is 4.79 Å². The number of aliphatic hydroxyl groups is 2. The van der Waals surface area contributed by atoms with Crippen LogP contribution in [0.3, 0.4) is 0 Å². The summed E-state index contributed by atoms with van der Waals surface area (Å²) in [6.07, 6.45) is -0.884. The summed E-state index contributed by atoms with van der Waals surface area (Å²) in [5, 5.41) is 28.5. The Morgan fingerprint density at radius 1 is 1.15 bits per heavy atom. The topological polar surface area (TPSA) is 103 Å². The number of aliphatic hydroxyl groups excluding tert-OH is 1. The van der Waals surface area contributed by atoms with Gasteiger partial charge < -0.3 is 25.7 Å². The fourth-order valence-corrected chi connectivity index (χ4v) is 3.25. The summed E-state index contributed by atoms with van der Waals surface area (Å²) >= 11 is 0. The molecule has 0 aromatic heterocycles. The number of rotatable bonds is 7. The van der Waals surface area contributed by atoms with Crippen LogP contribution in [0.15, 0.2) is 48.5 Å². The third-order valence-electron chi connectivity index (χ3n) is 4.74. The number of ether oxygens (including phenoxy) is 1. The third-order valence-corrected chi connectivity index (χ3v) is 4.74. The molecule has 0 aliphatic carbocycles. The van der Waals surface area contributed by atoms with Gasteiger partial charge in [-0.15, -0.1) is 0 Å². The van der Waals surface area contributed by atoms with Gasteiger partial charge in [-0.2, -0.15) is 0 Å². The normalized spacial score (nSPS) is 19.2. The van der Waals surface area contributed by atoms with Crippen molar-refractivity contribution >= 4 is 11.6 Å². The van der Waals surface area contributed by atoms with Crippen molar-refractivity contribution < 1.29 is 19.7 Å². The molecule has 1 aliphatic rings. The van der Waals surface area contributed by atoms with Crippen molar-refractivity contribution in [3.63, 3.8) is 0 Å². The van der Waals surface area contributed by atoms with Crippen molar-refractivity contribution in [3.05, 3.63) is 54.1 Å². The van der Waals surface area contributed by atoms with E-state index >= 15 is 0 Å². The van der Waals surface area contributed by atoms with Crippen molar-refractivity contribution in [2.45, 2.75) is 32.1 Å². The molecule has 2 atom stereocenters.